The minimum absolute atomic E-state index is 0.167. The molecule has 0 atom stereocenters. The summed E-state index contributed by atoms with van der Waals surface area (Å²) in [7, 11) is 1.69. The Bertz CT molecular complexity index is 1250. The molecule has 0 saturated carbocycles. The van der Waals surface area contributed by atoms with Gasteiger partial charge in [0.05, 0.1) is 5.56 Å². The Labute approximate surface area is 180 Å². The number of aryl methyl sites for hydroxylation is 1. The molecule has 1 saturated heterocycles. The summed E-state index contributed by atoms with van der Waals surface area (Å²) in [6.07, 6.45) is 2.57. The smallest absolute Gasteiger partial charge is 0.338 e. The second kappa shape index (κ2) is 7.96. The summed E-state index contributed by atoms with van der Waals surface area (Å²) in [4.78, 5) is 15.7. The van der Waals surface area contributed by atoms with E-state index in [0.29, 0.717) is 11.0 Å². The first kappa shape index (κ1) is 19.5. The van der Waals surface area contributed by atoms with Crippen LogP contribution in [0.15, 0.2) is 60.7 Å². The molecule has 1 aromatic heterocycles. The van der Waals surface area contributed by atoms with Crippen LogP contribution >= 0.6 is 0 Å². The monoisotopic (exact) mass is 412 g/mol. The second-order valence-corrected chi connectivity index (χ2v) is 8.10. The van der Waals surface area contributed by atoms with Crippen LogP contribution in [0.1, 0.15) is 28.8 Å². The maximum absolute atomic E-state index is 11.7. The van der Waals surface area contributed by atoms with Crippen molar-refractivity contribution in [3.63, 3.8) is 0 Å². The van der Waals surface area contributed by atoms with Gasteiger partial charge in [0.2, 0.25) is 0 Å². The van der Waals surface area contributed by atoms with Crippen molar-refractivity contribution < 1.29 is 9.90 Å². The largest absolute Gasteiger partial charge is 0.478 e. The van der Waals surface area contributed by atoms with Crippen LogP contribution in [0.4, 0.5) is 0 Å². The predicted octanol–water partition coefficient (Wildman–Crippen LogP) is 4.60. The van der Waals surface area contributed by atoms with Crippen LogP contribution in [0.2, 0.25) is 0 Å². The quantitative estimate of drug-likeness (QED) is 0.519. The van der Waals surface area contributed by atoms with Crippen LogP contribution in [-0.4, -0.2) is 44.1 Å². The third-order valence-electron chi connectivity index (χ3n) is 5.96. The van der Waals surface area contributed by atoms with Gasteiger partial charge in [0, 0.05) is 13.6 Å². The molecule has 3 aromatic carbocycles. The number of rotatable bonds is 5. The van der Waals surface area contributed by atoms with Gasteiger partial charge >= 0.3 is 5.97 Å². The summed E-state index contributed by atoms with van der Waals surface area (Å²) >= 11 is 0. The first-order chi connectivity index (χ1) is 15.1. The van der Waals surface area contributed by atoms with E-state index < -0.39 is 5.97 Å². The highest BCUT2D eigenvalue weighted by Crippen LogP contribution is 2.30. The fraction of sp³-hybridized carbons (Fsp3) is 0.240. The fourth-order valence-electron chi connectivity index (χ4n) is 4.42. The van der Waals surface area contributed by atoms with E-state index in [-0.39, 0.29) is 5.56 Å². The zero-order chi connectivity index (χ0) is 21.4. The molecule has 2 heterocycles. The van der Waals surface area contributed by atoms with Crippen molar-refractivity contribution in [1.82, 2.24) is 19.9 Å². The maximum atomic E-state index is 11.7. The number of carboxylic acid groups (broad SMARTS) is 1. The van der Waals surface area contributed by atoms with E-state index in [1.807, 2.05) is 18.2 Å². The van der Waals surface area contributed by atoms with Gasteiger partial charge < -0.3 is 5.11 Å². The van der Waals surface area contributed by atoms with E-state index in [0.717, 1.165) is 23.2 Å². The van der Waals surface area contributed by atoms with E-state index in [1.165, 1.54) is 41.9 Å². The Hall–Kier alpha value is -3.51. The van der Waals surface area contributed by atoms with Crippen LogP contribution in [0, 0.1) is 0 Å². The van der Waals surface area contributed by atoms with Gasteiger partial charge in [0.25, 0.3) is 0 Å². The van der Waals surface area contributed by atoms with Gasteiger partial charge in [-0.1, -0.05) is 48.5 Å². The van der Waals surface area contributed by atoms with Gasteiger partial charge in [-0.15, -0.1) is 0 Å². The first-order valence-corrected chi connectivity index (χ1v) is 10.6. The maximum Gasteiger partial charge on any atom is 0.338 e. The van der Waals surface area contributed by atoms with Gasteiger partial charge in [-0.3, -0.25) is 4.90 Å². The van der Waals surface area contributed by atoms with Gasteiger partial charge in [-0.25, -0.2) is 4.79 Å². The molecule has 0 bridgehead atoms. The number of fused-ring (bicyclic) bond motifs is 1. The van der Waals surface area contributed by atoms with E-state index in [4.69, 9.17) is 0 Å². The van der Waals surface area contributed by atoms with Crippen molar-refractivity contribution in [2.45, 2.75) is 19.4 Å². The average molecular weight is 412 g/mol. The predicted molar refractivity (Wildman–Crippen MR) is 121 cm³/mol. The lowest BCUT2D eigenvalue weighted by molar-refractivity contribution is 0.0699. The van der Waals surface area contributed by atoms with E-state index in [1.54, 1.807) is 13.1 Å². The number of carbonyl (C=O) groups is 1. The number of aromatic carboxylic acids is 1. The Balaban J connectivity index is 1.49. The Morgan fingerprint density at radius 1 is 0.935 bits per heavy atom. The third kappa shape index (κ3) is 3.82. The fourth-order valence-corrected chi connectivity index (χ4v) is 4.42. The Kier molecular flexibility index (Phi) is 5.00. The summed E-state index contributed by atoms with van der Waals surface area (Å²) in [5.74, 6) is -1.00. The second-order valence-electron chi connectivity index (χ2n) is 8.10. The van der Waals surface area contributed by atoms with Crippen molar-refractivity contribution in [3.8, 4) is 22.3 Å². The van der Waals surface area contributed by atoms with Crippen LogP contribution in [-0.2, 0) is 13.6 Å². The molecule has 0 unspecified atom stereocenters. The zero-order valence-corrected chi connectivity index (χ0v) is 17.5. The van der Waals surface area contributed by atoms with Gasteiger partial charge in [0.1, 0.15) is 11.0 Å². The molecule has 0 aliphatic carbocycles. The molecule has 156 valence electrons. The highest BCUT2D eigenvalue weighted by molar-refractivity contribution is 6.02. The minimum atomic E-state index is -1.00. The highest BCUT2D eigenvalue weighted by Gasteiger charge is 2.17. The summed E-state index contributed by atoms with van der Waals surface area (Å²) < 4.78 is 0. The molecule has 0 radical (unpaired) electrons. The first-order valence-electron chi connectivity index (χ1n) is 10.6. The summed E-state index contributed by atoms with van der Waals surface area (Å²) in [6, 6.07) is 20.5. The molecule has 1 aliphatic heterocycles. The van der Waals surface area contributed by atoms with Crippen molar-refractivity contribution in [2.24, 2.45) is 7.05 Å². The van der Waals surface area contributed by atoms with Gasteiger partial charge in [-0.05, 0) is 65.9 Å². The van der Waals surface area contributed by atoms with Gasteiger partial charge in [0.15, 0.2) is 0 Å². The number of hydrogen-bond donors (Lipinski definition) is 1. The molecule has 4 aromatic rings. The van der Waals surface area contributed by atoms with Crippen LogP contribution < -0.4 is 0 Å². The normalized spacial score (nSPS) is 14.4. The Morgan fingerprint density at radius 2 is 1.65 bits per heavy atom. The van der Waals surface area contributed by atoms with Crippen molar-refractivity contribution >= 4 is 17.0 Å². The lowest BCUT2D eigenvalue weighted by Crippen LogP contribution is -2.18. The number of nitrogens with zero attached hydrogens (tertiary/aromatic N) is 4. The van der Waals surface area contributed by atoms with Crippen molar-refractivity contribution in [2.75, 3.05) is 13.1 Å². The van der Waals surface area contributed by atoms with Gasteiger partial charge in [-0.2, -0.15) is 15.0 Å². The summed E-state index contributed by atoms with van der Waals surface area (Å²) in [5, 5.41) is 18.1. The molecule has 31 heavy (non-hydrogen) atoms. The molecular formula is C25H24N4O2. The Morgan fingerprint density at radius 3 is 2.39 bits per heavy atom. The topological polar surface area (TPSA) is 71.2 Å². The highest BCUT2D eigenvalue weighted by atomic mass is 16.4. The molecule has 0 spiro atoms. The van der Waals surface area contributed by atoms with Crippen LogP contribution in [0.5, 0.6) is 0 Å². The lowest BCUT2D eigenvalue weighted by Gasteiger charge is -2.17. The van der Waals surface area contributed by atoms with Crippen LogP contribution in [0.25, 0.3) is 33.3 Å². The molecule has 1 aliphatic rings. The molecule has 0 amide bonds. The molecular weight excluding hydrogens is 388 g/mol. The average Bonchev–Trinajstić information content (AvgIpc) is 3.42. The lowest BCUT2D eigenvalue weighted by atomic mass is 9.96. The SMILES string of the molecule is Cn1nc2cc(-c3ccc(-c4ccccc4CN4CCCC4)cc3)cc(C(=O)O)c2n1. The summed E-state index contributed by atoms with van der Waals surface area (Å²) in [6.45, 7) is 3.32. The molecule has 6 heteroatoms. The number of hydrogen-bond acceptors (Lipinski definition) is 4. The minimum Gasteiger partial charge on any atom is -0.478 e. The van der Waals surface area contributed by atoms with Crippen LogP contribution in [0.3, 0.4) is 0 Å². The number of likely N-dealkylation sites (tertiary alicyclic amines) is 1. The number of aromatic nitrogens is 3. The number of carboxylic acids is 1. The summed E-state index contributed by atoms with van der Waals surface area (Å²) in [5.41, 5.74) is 6.68. The molecule has 5 rings (SSSR count). The molecule has 1 N–H and O–H groups in total. The number of benzene rings is 3. The molecule has 6 nitrogen and oxygen atoms in total. The van der Waals surface area contributed by atoms with E-state index in [2.05, 4.69) is 51.5 Å². The zero-order valence-electron chi connectivity index (χ0n) is 17.5. The third-order valence-corrected chi connectivity index (χ3v) is 5.96. The molecule has 1 fully saturated rings. The standard InChI is InChI=1S/C25H24N4O2/c1-28-26-23-15-20(14-22(25(30)31)24(23)27-28)17-8-10-18(11-9-17)21-7-3-2-6-19(21)16-29-12-4-5-13-29/h2-3,6-11,14-15H,4-5,12-13,16H2,1H3,(H,30,31). The van der Waals surface area contributed by atoms with Crippen molar-refractivity contribution in [3.05, 3.63) is 71.8 Å². The van der Waals surface area contributed by atoms with E-state index >= 15 is 0 Å². The van der Waals surface area contributed by atoms with Crippen molar-refractivity contribution in [1.29, 1.82) is 0 Å². The van der Waals surface area contributed by atoms with E-state index in [9.17, 15) is 9.90 Å².